The van der Waals surface area contributed by atoms with Gasteiger partial charge in [0.15, 0.2) is 0 Å². The van der Waals surface area contributed by atoms with Gasteiger partial charge in [0.25, 0.3) is 0 Å². The van der Waals surface area contributed by atoms with E-state index in [0.717, 1.165) is 6.21 Å². The van der Waals surface area contributed by atoms with E-state index in [1.54, 1.807) is 6.92 Å². The van der Waals surface area contributed by atoms with Crippen LogP contribution in [0.1, 0.15) is 13.8 Å². The number of hydrogen-bond donors (Lipinski definition) is 2. The molecular formula is C9H13NO5. The molecule has 0 aromatic heterocycles. The first-order valence-corrected chi connectivity index (χ1v) is 4.27. The van der Waals surface area contributed by atoms with Gasteiger partial charge in [0.2, 0.25) is 0 Å². The summed E-state index contributed by atoms with van der Waals surface area (Å²) in [6.45, 7) is 2.62. The van der Waals surface area contributed by atoms with Crippen molar-refractivity contribution in [2.24, 2.45) is 4.99 Å². The van der Waals surface area contributed by atoms with Crippen molar-refractivity contribution in [3.05, 3.63) is 11.3 Å². The molecule has 6 heteroatoms. The average Bonchev–Trinajstić information content (AvgIpc) is 2.11. The number of carboxylic acid groups (broad SMARTS) is 1. The van der Waals surface area contributed by atoms with Crippen LogP contribution < -0.4 is 0 Å². The van der Waals surface area contributed by atoms with Crippen molar-refractivity contribution >= 4 is 18.2 Å². The summed E-state index contributed by atoms with van der Waals surface area (Å²) in [7, 11) is 0. The zero-order valence-corrected chi connectivity index (χ0v) is 8.56. The molecule has 0 aliphatic carbocycles. The van der Waals surface area contributed by atoms with Crippen LogP contribution in [-0.4, -0.2) is 41.5 Å². The molecule has 0 rings (SSSR count). The molecule has 0 aromatic carbocycles. The van der Waals surface area contributed by atoms with Crippen LogP contribution in [0.2, 0.25) is 0 Å². The Morgan fingerprint density at radius 1 is 1.40 bits per heavy atom. The number of aliphatic hydroxyl groups excluding tert-OH is 1. The zero-order chi connectivity index (χ0) is 11.8. The highest BCUT2D eigenvalue weighted by Gasteiger charge is 2.11. The van der Waals surface area contributed by atoms with Gasteiger partial charge < -0.3 is 14.9 Å². The minimum Gasteiger partial charge on any atom is -0.512 e. The Kier molecular flexibility index (Phi) is 5.77. The van der Waals surface area contributed by atoms with Crippen LogP contribution in [0, 0.1) is 0 Å². The third-order valence-corrected chi connectivity index (χ3v) is 1.33. The molecule has 6 nitrogen and oxygen atoms in total. The van der Waals surface area contributed by atoms with E-state index >= 15 is 0 Å². The Balaban J connectivity index is 4.57. The Bertz CT molecular complexity index is 302. The molecule has 0 unspecified atom stereocenters. The van der Waals surface area contributed by atoms with Gasteiger partial charge in [-0.1, -0.05) is 0 Å². The summed E-state index contributed by atoms with van der Waals surface area (Å²) in [6, 6.07) is 0. The van der Waals surface area contributed by atoms with Gasteiger partial charge in [0, 0.05) is 6.21 Å². The molecule has 84 valence electrons. The van der Waals surface area contributed by atoms with E-state index in [1.165, 1.54) is 6.92 Å². The fourth-order valence-corrected chi connectivity index (χ4v) is 0.718. The number of allylic oxidation sites excluding steroid dienone is 1. The van der Waals surface area contributed by atoms with E-state index in [-0.39, 0.29) is 17.9 Å². The fourth-order valence-electron chi connectivity index (χ4n) is 0.718. The first-order valence-electron chi connectivity index (χ1n) is 4.27. The maximum absolute atomic E-state index is 11.2. The Labute approximate surface area is 86.9 Å². The molecule has 0 aliphatic heterocycles. The molecule has 0 saturated heterocycles. The van der Waals surface area contributed by atoms with Crippen LogP contribution in [0.4, 0.5) is 0 Å². The van der Waals surface area contributed by atoms with Crippen molar-refractivity contribution in [1.82, 2.24) is 0 Å². The van der Waals surface area contributed by atoms with Crippen LogP contribution >= 0.6 is 0 Å². The van der Waals surface area contributed by atoms with Gasteiger partial charge in [0.1, 0.15) is 17.9 Å². The first kappa shape index (κ1) is 13.2. The van der Waals surface area contributed by atoms with Gasteiger partial charge in [0.05, 0.1) is 6.61 Å². The van der Waals surface area contributed by atoms with Gasteiger partial charge in [-0.25, -0.2) is 4.79 Å². The summed E-state index contributed by atoms with van der Waals surface area (Å²) in [5.74, 6) is -2.11. The summed E-state index contributed by atoms with van der Waals surface area (Å²) < 4.78 is 4.63. The van der Waals surface area contributed by atoms with Gasteiger partial charge >= 0.3 is 11.9 Å². The van der Waals surface area contributed by atoms with Crippen molar-refractivity contribution in [2.75, 3.05) is 13.2 Å². The van der Waals surface area contributed by atoms with E-state index in [1.807, 2.05) is 0 Å². The number of ether oxygens (including phenoxy) is 1. The lowest BCUT2D eigenvalue weighted by Gasteiger charge is -2.02. The number of aliphatic carboxylic acids is 1. The molecule has 0 fully saturated rings. The van der Waals surface area contributed by atoms with Crippen LogP contribution in [0.3, 0.4) is 0 Å². The molecule has 0 saturated carbocycles. The van der Waals surface area contributed by atoms with Crippen molar-refractivity contribution in [3.8, 4) is 0 Å². The number of nitrogens with zero attached hydrogens (tertiary/aromatic N) is 1. The molecule has 0 atom stereocenters. The van der Waals surface area contributed by atoms with Gasteiger partial charge in [-0.2, -0.15) is 0 Å². The topological polar surface area (TPSA) is 96.2 Å². The molecule has 0 spiro atoms. The molecule has 0 aliphatic rings. The summed E-state index contributed by atoms with van der Waals surface area (Å²) in [4.78, 5) is 24.8. The standard InChI is InChI=1S/C9H13NO5/c1-3-15-9(14)7(6(2)11)4-10-5-8(12)13/h4,11H,3,5H2,1-2H3,(H,12,13). The lowest BCUT2D eigenvalue weighted by molar-refractivity contribution is -0.138. The monoisotopic (exact) mass is 215 g/mol. The minimum atomic E-state index is -1.12. The van der Waals surface area contributed by atoms with Crippen molar-refractivity contribution < 1.29 is 24.5 Å². The van der Waals surface area contributed by atoms with E-state index in [0.29, 0.717) is 0 Å². The summed E-state index contributed by atoms with van der Waals surface area (Å²) in [5.41, 5.74) is -0.141. The zero-order valence-electron chi connectivity index (χ0n) is 8.56. The van der Waals surface area contributed by atoms with Crippen molar-refractivity contribution in [3.63, 3.8) is 0 Å². The molecule has 15 heavy (non-hydrogen) atoms. The lowest BCUT2D eigenvalue weighted by Crippen LogP contribution is -2.11. The van der Waals surface area contributed by atoms with Crippen LogP contribution in [0.5, 0.6) is 0 Å². The second-order valence-electron chi connectivity index (χ2n) is 2.58. The minimum absolute atomic E-state index is 0.141. The van der Waals surface area contributed by atoms with Crippen LogP contribution in [0.25, 0.3) is 0 Å². The number of hydrogen-bond acceptors (Lipinski definition) is 5. The third kappa shape index (κ3) is 5.45. The molecule has 0 radical (unpaired) electrons. The number of esters is 1. The Morgan fingerprint density at radius 3 is 2.40 bits per heavy atom. The molecule has 2 N–H and O–H groups in total. The molecule has 0 aromatic rings. The number of carbonyl (C=O) groups is 2. The van der Waals surface area contributed by atoms with Crippen LogP contribution in [-0.2, 0) is 14.3 Å². The lowest BCUT2D eigenvalue weighted by atomic mass is 10.2. The van der Waals surface area contributed by atoms with Crippen molar-refractivity contribution in [2.45, 2.75) is 13.8 Å². The van der Waals surface area contributed by atoms with E-state index in [9.17, 15) is 9.59 Å². The van der Waals surface area contributed by atoms with Gasteiger partial charge in [-0.15, -0.1) is 0 Å². The predicted molar refractivity (Wildman–Crippen MR) is 53.0 cm³/mol. The largest absolute Gasteiger partial charge is 0.512 e. The molecule has 0 heterocycles. The normalized spacial score (nSPS) is 12.4. The first-order chi connectivity index (χ1) is 6.99. The fraction of sp³-hybridized carbons (Fsp3) is 0.444. The SMILES string of the molecule is CCOC(=O)C(C=NCC(=O)O)=C(C)O. The number of carbonyl (C=O) groups excluding carboxylic acids is 1. The molecule has 0 bridgehead atoms. The average molecular weight is 215 g/mol. The second kappa shape index (κ2) is 6.58. The maximum atomic E-state index is 11.2. The summed E-state index contributed by atoms with van der Waals surface area (Å²) in [6.07, 6.45) is 0.988. The number of rotatable bonds is 5. The summed E-state index contributed by atoms with van der Waals surface area (Å²) >= 11 is 0. The Morgan fingerprint density at radius 2 is 2.00 bits per heavy atom. The predicted octanol–water partition coefficient (Wildman–Crippen LogP) is 0.537. The van der Waals surface area contributed by atoms with E-state index < -0.39 is 18.5 Å². The molecular weight excluding hydrogens is 202 g/mol. The number of carboxylic acids is 1. The smallest absolute Gasteiger partial charge is 0.343 e. The van der Waals surface area contributed by atoms with Gasteiger partial charge in [-0.05, 0) is 13.8 Å². The highest BCUT2D eigenvalue weighted by atomic mass is 16.5. The quantitative estimate of drug-likeness (QED) is 0.302. The van der Waals surface area contributed by atoms with Gasteiger partial charge in [-0.3, -0.25) is 9.79 Å². The Hall–Kier alpha value is -1.85. The van der Waals surface area contributed by atoms with Crippen LogP contribution in [0.15, 0.2) is 16.3 Å². The highest BCUT2D eigenvalue weighted by Crippen LogP contribution is 2.01. The van der Waals surface area contributed by atoms with Crippen molar-refractivity contribution in [1.29, 1.82) is 0 Å². The molecule has 0 amide bonds. The second-order valence-corrected chi connectivity index (χ2v) is 2.58. The maximum Gasteiger partial charge on any atom is 0.343 e. The van der Waals surface area contributed by atoms with E-state index in [2.05, 4.69) is 9.73 Å². The summed E-state index contributed by atoms with van der Waals surface area (Å²) in [5, 5.41) is 17.4. The van der Waals surface area contributed by atoms with E-state index in [4.69, 9.17) is 10.2 Å². The number of aliphatic hydroxyl groups is 1. The third-order valence-electron chi connectivity index (χ3n) is 1.33. The highest BCUT2D eigenvalue weighted by molar-refractivity contribution is 6.10. The number of aliphatic imine (C=N–C) groups is 1.